The molecule has 29 heavy (non-hydrogen) atoms. The molecular formula is C19H19N9O. The van der Waals surface area contributed by atoms with Gasteiger partial charge in [0.1, 0.15) is 5.52 Å². The van der Waals surface area contributed by atoms with Crippen LogP contribution in [0.3, 0.4) is 0 Å². The summed E-state index contributed by atoms with van der Waals surface area (Å²) in [6.07, 6.45) is 0. The second kappa shape index (κ2) is 7.50. The van der Waals surface area contributed by atoms with Crippen LogP contribution in [-0.4, -0.2) is 49.9 Å². The number of nitrogens with one attached hydrogen (secondary N) is 1. The molecule has 146 valence electrons. The number of carbonyl (C=O) groups excluding carboxylic acids is 1. The second-order valence-corrected chi connectivity index (χ2v) is 6.53. The highest BCUT2D eigenvalue weighted by atomic mass is 16.1. The topological polar surface area (TPSA) is 128 Å². The van der Waals surface area contributed by atoms with Crippen molar-refractivity contribution in [2.75, 3.05) is 24.3 Å². The molecular weight excluding hydrogens is 370 g/mol. The van der Waals surface area contributed by atoms with Gasteiger partial charge in [-0.3, -0.25) is 4.79 Å². The fraction of sp³-hybridized carbons (Fsp3) is 0.158. The van der Waals surface area contributed by atoms with Crippen LogP contribution in [0.15, 0.2) is 48.5 Å². The molecule has 0 fully saturated rings. The van der Waals surface area contributed by atoms with E-state index < -0.39 is 5.91 Å². The molecule has 0 saturated carbocycles. The predicted molar refractivity (Wildman–Crippen MR) is 109 cm³/mol. The molecule has 10 nitrogen and oxygen atoms in total. The number of hydrogen-bond donors (Lipinski definition) is 2. The van der Waals surface area contributed by atoms with E-state index in [1.165, 1.54) is 4.68 Å². The van der Waals surface area contributed by atoms with Gasteiger partial charge in [-0.2, -0.15) is 19.6 Å². The lowest BCUT2D eigenvalue weighted by atomic mass is 10.2. The Morgan fingerprint density at radius 1 is 1.07 bits per heavy atom. The maximum absolute atomic E-state index is 11.7. The molecule has 0 atom stereocenters. The van der Waals surface area contributed by atoms with Crippen molar-refractivity contribution in [2.45, 2.75) is 6.54 Å². The van der Waals surface area contributed by atoms with Crippen LogP contribution in [0, 0.1) is 0 Å². The molecule has 0 saturated heterocycles. The number of amides is 1. The molecule has 0 bridgehead atoms. The average Bonchev–Trinajstić information content (AvgIpc) is 3.17. The fourth-order valence-corrected chi connectivity index (χ4v) is 2.80. The van der Waals surface area contributed by atoms with Crippen LogP contribution in [0.4, 0.5) is 11.9 Å². The zero-order chi connectivity index (χ0) is 20.4. The van der Waals surface area contributed by atoms with Gasteiger partial charge in [0.2, 0.25) is 11.9 Å². The highest BCUT2D eigenvalue weighted by Gasteiger charge is 2.17. The van der Waals surface area contributed by atoms with E-state index in [0.29, 0.717) is 29.5 Å². The maximum atomic E-state index is 11.7. The molecule has 0 aliphatic rings. The summed E-state index contributed by atoms with van der Waals surface area (Å²) in [6.45, 7) is 0.557. The first-order chi connectivity index (χ1) is 14.0. The highest BCUT2D eigenvalue weighted by molar-refractivity contribution is 6.03. The van der Waals surface area contributed by atoms with Gasteiger partial charge in [0, 0.05) is 20.6 Å². The summed E-state index contributed by atoms with van der Waals surface area (Å²) in [4.78, 5) is 26.8. The number of nitrogens with two attached hydrogens (primary N) is 1. The van der Waals surface area contributed by atoms with Crippen molar-refractivity contribution in [1.82, 2.24) is 29.9 Å². The number of nitrogens with zero attached hydrogens (tertiary/aromatic N) is 7. The molecule has 10 heteroatoms. The van der Waals surface area contributed by atoms with E-state index in [9.17, 15) is 4.79 Å². The van der Waals surface area contributed by atoms with E-state index in [1.54, 1.807) is 23.1 Å². The summed E-state index contributed by atoms with van der Waals surface area (Å²) >= 11 is 0. The third-order valence-electron chi connectivity index (χ3n) is 4.24. The van der Waals surface area contributed by atoms with E-state index in [-0.39, 0.29) is 11.5 Å². The quantitative estimate of drug-likeness (QED) is 0.506. The van der Waals surface area contributed by atoms with Crippen LogP contribution >= 0.6 is 0 Å². The van der Waals surface area contributed by atoms with Crippen molar-refractivity contribution in [2.24, 2.45) is 5.73 Å². The van der Waals surface area contributed by atoms with Gasteiger partial charge in [-0.15, -0.1) is 5.10 Å². The van der Waals surface area contributed by atoms with E-state index in [0.717, 1.165) is 5.56 Å². The summed E-state index contributed by atoms with van der Waals surface area (Å²) in [5, 5.41) is 11.4. The van der Waals surface area contributed by atoms with Crippen LogP contribution in [0.25, 0.3) is 17.0 Å². The minimum absolute atomic E-state index is 0.281. The molecule has 1 amide bonds. The van der Waals surface area contributed by atoms with Crippen LogP contribution in [-0.2, 0) is 6.54 Å². The first-order valence-corrected chi connectivity index (χ1v) is 8.89. The molecule has 4 aromatic rings. The molecule has 0 aliphatic carbocycles. The van der Waals surface area contributed by atoms with Gasteiger partial charge in [-0.05, 0) is 17.7 Å². The number of fused-ring (bicyclic) bond motifs is 1. The first-order valence-electron chi connectivity index (χ1n) is 8.89. The SMILES string of the molecule is CN(C)c1nc(NCc2ccccc2)nc(-n2nnc3c(C(N)=O)cccc32)n1. The molecule has 0 aliphatic heterocycles. The van der Waals surface area contributed by atoms with Gasteiger partial charge in [0.25, 0.3) is 11.9 Å². The maximum Gasteiger partial charge on any atom is 0.259 e. The van der Waals surface area contributed by atoms with Crippen molar-refractivity contribution in [3.63, 3.8) is 0 Å². The number of carbonyl (C=O) groups is 1. The molecule has 2 heterocycles. The van der Waals surface area contributed by atoms with E-state index >= 15 is 0 Å². The summed E-state index contributed by atoms with van der Waals surface area (Å²) in [7, 11) is 3.68. The summed E-state index contributed by atoms with van der Waals surface area (Å²) in [5.41, 5.74) is 7.79. The Kier molecular flexibility index (Phi) is 4.73. The Morgan fingerprint density at radius 3 is 2.59 bits per heavy atom. The summed E-state index contributed by atoms with van der Waals surface area (Å²) in [6, 6.07) is 15.0. The van der Waals surface area contributed by atoms with Crippen molar-refractivity contribution in [3.8, 4) is 5.95 Å². The van der Waals surface area contributed by atoms with E-state index in [4.69, 9.17) is 5.73 Å². The Balaban J connectivity index is 1.75. The van der Waals surface area contributed by atoms with Gasteiger partial charge >= 0.3 is 0 Å². The molecule has 4 rings (SSSR count). The Hall–Kier alpha value is -4.08. The van der Waals surface area contributed by atoms with Gasteiger partial charge in [-0.25, -0.2) is 0 Å². The minimum atomic E-state index is -0.572. The predicted octanol–water partition coefficient (Wildman–Crippen LogP) is 1.38. The Bertz CT molecular complexity index is 1170. The van der Waals surface area contributed by atoms with Crippen molar-refractivity contribution in [3.05, 3.63) is 59.7 Å². The first kappa shape index (κ1) is 18.3. The third kappa shape index (κ3) is 3.68. The summed E-state index contributed by atoms with van der Waals surface area (Å²) in [5.74, 6) is 0.568. The molecule has 2 aromatic heterocycles. The largest absolute Gasteiger partial charge is 0.366 e. The van der Waals surface area contributed by atoms with Gasteiger partial charge in [0.15, 0.2) is 0 Å². The van der Waals surface area contributed by atoms with Crippen LogP contribution in [0.2, 0.25) is 0 Å². The Labute approximate surface area is 166 Å². The van der Waals surface area contributed by atoms with E-state index in [2.05, 4.69) is 30.6 Å². The molecule has 0 unspecified atom stereocenters. The average molecular weight is 389 g/mol. The fourth-order valence-electron chi connectivity index (χ4n) is 2.80. The molecule has 2 aromatic carbocycles. The lowest BCUT2D eigenvalue weighted by Crippen LogP contribution is -2.18. The van der Waals surface area contributed by atoms with Gasteiger partial charge in [0.05, 0.1) is 11.1 Å². The number of benzene rings is 2. The van der Waals surface area contributed by atoms with Crippen LogP contribution < -0.4 is 16.0 Å². The highest BCUT2D eigenvalue weighted by Crippen LogP contribution is 2.19. The lowest BCUT2D eigenvalue weighted by Gasteiger charge is -2.13. The lowest BCUT2D eigenvalue weighted by molar-refractivity contribution is 0.100. The van der Waals surface area contributed by atoms with Gasteiger partial charge in [-0.1, -0.05) is 41.6 Å². The smallest absolute Gasteiger partial charge is 0.259 e. The minimum Gasteiger partial charge on any atom is -0.366 e. The van der Waals surface area contributed by atoms with Crippen LogP contribution in [0.1, 0.15) is 15.9 Å². The second-order valence-electron chi connectivity index (χ2n) is 6.53. The summed E-state index contributed by atoms with van der Waals surface area (Å²) < 4.78 is 1.46. The number of primary amides is 1. The molecule has 0 radical (unpaired) electrons. The van der Waals surface area contributed by atoms with Crippen molar-refractivity contribution >= 4 is 28.8 Å². The molecule has 0 spiro atoms. The number of hydrogen-bond acceptors (Lipinski definition) is 8. The molecule has 3 N–H and O–H groups in total. The van der Waals surface area contributed by atoms with Crippen molar-refractivity contribution in [1.29, 1.82) is 0 Å². The van der Waals surface area contributed by atoms with Gasteiger partial charge < -0.3 is 16.0 Å². The normalized spacial score (nSPS) is 10.8. The monoisotopic (exact) mass is 389 g/mol. The van der Waals surface area contributed by atoms with E-state index in [1.807, 2.05) is 44.4 Å². The Morgan fingerprint density at radius 2 is 1.86 bits per heavy atom. The third-order valence-corrected chi connectivity index (χ3v) is 4.24. The zero-order valence-electron chi connectivity index (χ0n) is 15.9. The zero-order valence-corrected chi connectivity index (χ0v) is 15.9. The standard InChI is InChI=1S/C19H19N9O/c1-27(2)18-22-17(21-11-12-7-4-3-5-8-12)23-19(24-18)28-14-10-6-9-13(16(20)29)15(14)25-26-28/h3-10H,11H2,1-2H3,(H2,20,29)(H,21,22,23,24). The number of anilines is 2. The number of aromatic nitrogens is 6. The van der Waals surface area contributed by atoms with Crippen molar-refractivity contribution < 1.29 is 4.79 Å². The number of rotatable bonds is 6. The van der Waals surface area contributed by atoms with Crippen LogP contribution in [0.5, 0.6) is 0 Å².